The van der Waals surface area contributed by atoms with Crippen LogP contribution in [-0.2, 0) is 0 Å². The van der Waals surface area contributed by atoms with Crippen molar-refractivity contribution in [1.82, 2.24) is 0 Å². The van der Waals surface area contributed by atoms with Crippen LogP contribution < -0.4 is 4.90 Å². The molecule has 0 fully saturated rings. The summed E-state index contributed by atoms with van der Waals surface area (Å²) in [6.07, 6.45) is 0.787. The summed E-state index contributed by atoms with van der Waals surface area (Å²) in [7, 11) is 1.64. The third kappa shape index (κ3) is 3.90. The highest BCUT2D eigenvalue weighted by atomic mass is 19.1. The van der Waals surface area contributed by atoms with Crippen LogP contribution in [0.25, 0.3) is 0 Å². The van der Waals surface area contributed by atoms with Crippen molar-refractivity contribution in [2.75, 3.05) is 11.9 Å². The van der Waals surface area contributed by atoms with E-state index in [0.29, 0.717) is 12.0 Å². The van der Waals surface area contributed by atoms with Gasteiger partial charge in [-0.25, -0.2) is 9.18 Å². The number of anilines is 1. The van der Waals surface area contributed by atoms with Crippen molar-refractivity contribution < 1.29 is 19.2 Å². The third-order valence-corrected chi connectivity index (χ3v) is 3.35. The first-order valence-corrected chi connectivity index (χ1v) is 6.59. The Hall–Kier alpha value is -2.18. The Kier molecular flexibility index (Phi) is 5.23. The highest BCUT2D eigenvalue weighted by Gasteiger charge is 2.25. The summed E-state index contributed by atoms with van der Waals surface area (Å²) in [5, 5.41) is 19.9. The lowest BCUT2D eigenvalue weighted by atomic mass is 10.0. The van der Waals surface area contributed by atoms with Crippen molar-refractivity contribution in [1.29, 1.82) is 0 Å². The number of hydrogen-bond acceptors (Lipinski definition) is 4. The van der Waals surface area contributed by atoms with Gasteiger partial charge in [0, 0.05) is 13.1 Å². The first kappa shape index (κ1) is 16.9. The number of aromatic carboxylic acids is 1. The molecule has 0 bridgehead atoms. The van der Waals surface area contributed by atoms with E-state index >= 15 is 0 Å². The second-order valence-electron chi connectivity index (χ2n) is 5.47. The molecule has 21 heavy (non-hydrogen) atoms. The lowest BCUT2D eigenvalue weighted by molar-refractivity contribution is -0.385. The number of carboxylic acid groups (broad SMARTS) is 1. The Balaban J connectivity index is 3.28. The van der Waals surface area contributed by atoms with E-state index in [4.69, 9.17) is 5.11 Å². The van der Waals surface area contributed by atoms with Crippen LogP contribution in [0, 0.1) is 21.8 Å². The molecule has 1 atom stereocenters. The van der Waals surface area contributed by atoms with Crippen molar-refractivity contribution in [3.8, 4) is 0 Å². The van der Waals surface area contributed by atoms with Gasteiger partial charge in [-0.1, -0.05) is 13.8 Å². The van der Waals surface area contributed by atoms with E-state index in [1.54, 1.807) is 11.9 Å². The minimum Gasteiger partial charge on any atom is -0.477 e. The number of carboxylic acids is 1. The van der Waals surface area contributed by atoms with Crippen molar-refractivity contribution in [2.24, 2.45) is 5.92 Å². The fourth-order valence-electron chi connectivity index (χ4n) is 2.22. The first-order chi connectivity index (χ1) is 9.65. The molecule has 1 aromatic rings. The minimum absolute atomic E-state index is 0.0254. The lowest BCUT2D eigenvalue weighted by Crippen LogP contribution is -2.31. The van der Waals surface area contributed by atoms with Gasteiger partial charge in [0.25, 0.3) is 5.69 Å². The molecule has 0 saturated carbocycles. The Bertz CT molecular complexity index is 560. The number of benzene rings is 1. The molecule has 1 N–H and O–H groups in total. The van der Waals surface area contributed by atoms with Crippen LogP contribution in [0.2, 0.25) is 0 Å². The van der Waals surface area contributed by atoms with E-state index in [1.807, 2.05) is 20.8 Å². The molecule has 1 rings (SSSR count). The Morgan fingerprint density at radius 2 is 2.00 bits per heavy atom. The van der Waals surface area contributed by atoms with Gasteiger partial charge >= 0.3 is 5.97 Å². The van der Waals surface area contributed by atoms with Crippen LogP contribution in [0.1, 0.15) is 37.6 Å². The molecule has 7 heteroatoms. The predicted molar refractivity (Wildman–Crippen MR) is 77.3 cm³/mol. The molecule has 1 unspecified atom stereocenters. The highest BCUT2D eigenvalue weighted by Crippen LogP contribution is 2.30. The maximum atomic E-state index is 14.1. The van der Waals surface area contributed by atoms with Gasteiger partial charge in [0.1, 0.15) is 5.56 Å². The Morgan fingerprint density at radius 3 is 2.43 bits per heavy atom. The molecule has 0 aromatic heterocycles. The van der Waals surface area contributed by atoms with Gasteiger partial charge < -0.3 is 10.0 Å². The quantitative estimate of drug-likeness (QED) is 0.643. The van der Waals surface area contributed by atoms with Crippen LogP contribution >= 0.6 is 0 Å². The van der Waals surface area contributed by atoms with E-state index in [0.717, 1.165) is 12.5 Å². The smallest absolute Gasteiger partial charge is 0.342 e. The number of nitrogens with zero attached hydrogens (tertiary/aromatic N) is 2. The number of nitro groups is 1. The fraction of sp³-hybridized carbons (Fsp3) is 0.500. The van der Waals surface area contributed by atoms with Crippen LogP contribution in [0.4, 0.5) is 15.8 Å². The average molecular weight is 298 g/mol. The van der Waals surface area contributed by atoms with Crippen molar-refractivity contribution in [2.45, 2.75) is 33.2 Å². The summed E-state index contributed by atoms with van der Waals surface area (Å²) in [6.45, 7) is 5.94. The van der Waals surface area contributed by atoms with Crippen molar-refractivity contribution >= 4 is 17.3 Å². The van der Waals surface area contributed by atoms with E-state index in [9.17, 15) is 19.3 Å². The summed E-state index contributed by atoms with van der Waals surface area (Å²) >= 11 is 0. The van der Waals surface area contributed by atoms with Gasteiger partial charge in [0.2, 0.25) is 0 Å². The molecule has 0 amide bonds. The van der Waals surface area contributed by atoms with Gasteiger partial charge in [-0.05, 0) is 25.3 Å². The summed E-state index contributed by atoms with van der Waals surface area (Å²) in [5.74, 6) is -1.86. The normalized spacial score (nSPS) is 12.3. The molecule has 0 spiro atoms. The number of carbonyl (C=O) groups is 1. The number of halogens is 1. The molecule has 1 aromatic carbocycles. The van der Waals surface area contributed by atoms with E-state index in [-0.39, 0.29) is 11.7 Å². The summed E-state index contributed by atoms with van der Waals surface area (Å²) < 4.78 is 14.1. The van der Waals surface area contributed by atoms with Gasteiger partial charge in [0.15, 0.2) is 5.82 Å². The maximum absolute atomic E-state index is 14.1. The van der Waals surface area contributed by atoms with Gasteiger partial charge in [0.05, 0.1) is 16.7 Å². The fourth-order valence-corrected chi connectivity index (χ4v) is 2.22. The molecule has 0 heterocycles. The number of hydrogen-bond donors (Lipinski definition) is 1. The topological polar surface area (TPSA) is 83.7 Å². The molecule has 0 radical (unpaired) electrons. The second-order valence-corrected chi connectivity index (χ2v) is 5.47. The largest absolute Gasteiger partial charge is 0.477 e. The summed E-state index contributed by atoms with van der Waals surface area (Å²) in [5.41, 5.74) is -1.21. The summed E-state index contributed by atoms with van der Waals surface area (Å²) in [6, 6.07) is 1.66. The molecule has 0 aliphatic rings. The number of rotatable bonds is 6. The molecule has 6 nitrogen and oxygen atoms in total. The minimum atomic E-state index is -1.45. The third-order valence-electron chi connectivity index (χ3n) is 3.35. The predicted octanol–water partition coefficient (Wildman–Crippen LogP) is 3.30. The summed E-state index contributed by atoms with van der Waals surface area (Å²) in [4.78, 5) is 22.6. The number of nitro benzene ring substituents is 1. The lowest BCUT2D eigenvalue weighted by Gasteiger charge is -2.28. The van der Waals surface area contributed by atoms with E-state index in [2.05, 4.69) is 0 Å². The van der Waals surface area contributed by atoms with Crippen LogP contribution in [0.15, 0.2) is 12.1 Å². The van der Waals surface area contributed by atoms with Crippen LogP contribution in [0.5, 0.6) is 0 Å². The molecule has 116 valence electrons. The van der Waals surface area contributed by atoms with Gasteiger partial charge in [-0.15, -0.1) is 0 Å². The molecule has 0 saturated heterocycles. The highest BCUT2D eigenvalue weighted by molar-refractivity contribution is 5.93. The van der Waals surface area contributed by atoms with Crippen LogP contribution in [-0.4, -0.2) is 29.1 Å². The maximum Gasteiger partial charge on any atom is 0.342 e. The zero-order valence-corrected chi connectivity index (χ0v) is 12.5. The second kappa shape index (κ2) is 6.51. The molecule has 0 aliphatic heterocycles. The molecule has 0 aliphatic carbocycles. The van der Waals surface area contributed by atoms with E-state index in [1.165, 1.54) is 0 Å². The monoisotopic (exact) mass is 298 g/mol. The standard InChI is InChI=1S/C14H19FN2O4/c1-8(2)5-9(3)16(4)13-6-10(14(18)19)12(17(20)21)7-11(13)15/h6-9H,5H2,1-4H3,(H,18,19). The average Bonchev–Trinajstić information content (AvgIpc) is 2.36. The van der Waals surface area contributed by atoms with Gasteiger partial charge in [-0.3, -0.25) is 10.1 Å². The van der Waals surface area contributed by atoms with Crippen molar-refractivity contribution in [3.63, 3.8) is 0 Å². The SMILES string of the molecule is CC(C)CC(C)N(C)c1cc(C(=O)O)c([N+](=O)[O-])cc1F. The Morgan fingerprint density at radius 1 is 1.43 bits per heavy atom. The van der Waals surface area contributed by atoms with Crippen LogP contribution in [0.3, 0.4) is 0 Å². The molecular weight excluding hydrogens is 279 g/mol. The molecular formula is C14H19FN2O4. The van der Waals surface area contributed by atoms with Crippen molar-refractivity contribution in [3.05, 3.63) is 33.6 Å². The Labute approximate surface area is 122 Å². The van der Waals surface area contributed by atoms with Gasteiger partial charge in [-0.2, -0.15) is 0 Å². The zero-order chi connectivity index (χ0) is 16.3. The first-order valence-electron chi connectivity index (χ1n) is 6.59. The van der Waals surface area contributed by atoms with E-state index < -0.39 is 28.0 Å². The zero-order valence-electron chi connectivity index (χ0n) is 12.5.